The molecule has 2 aromatic carbocycles. The summed E-state index contributed by atoms with van der Waals surface area (Å²) in [5.74, 6) is 0.218. The molecule has 0 aliphatic rings. The molecule has 5 heteroatoms. The molecule has 0 aliphatic carbocycles. The number of rotatable bonds is 3. The van der Waals surface area contributed by atoms with Gasteiger partial charge in [-0.15, -0.1) is 0 Å². The summed E-state index contributed by atoms with van der Waals surface area (Å²) >= 11 is 5.58. The van der Waals surface area contributed by atoms with Crippen molar-refractivity contribution >= 4 is 17.8 Å². The Morgan fingerprint density at radius 3 is 2.72 bits per heavy atom. The Morgan fingerprint density at radius 1 is 1.22 bits per heavy atom. The molecule has 0 unspecified atom stereocenters. The molecule has 0 aliphatic heterocycles. The van der Waals surface area contributed by atoms with Crippen molar-refractivity contribution in [3.63, 3.8) is 0 Å². The first-order valence-corrected chi connectivity index (χ1v) is 5.48. The molecule has 0 atom stereocenters. The summed E-state index contributed by atoms with van der Waals surface area (Å²) < 4.78 is 18.7. The summed E-state index contributed by atoms with van der Waals surface area (Å²) in [5.41, 5.74) is 0.579. The largest absolute Gasteiger partial charge is 0.457 e. The van der Waals surface area contributed by atoms with Gasteiger partial charge in [0.25, 0.3) is 0 Å². The molecule has 0 saturated heterocycles. The molecule has 2 aromatic rings. The molecule has 3 nitrogen and oxygen atoms in total. The van der Waals surface area contributed by atoms with E-state index in [1.165, 1.54) is 18.3 Å². The van der Waals surface area contributed by atoms with E-state index in [1.807, 2.05) is 0 Å². The fourth-order valence-corrected chi connectivity index (χ4v) is 1.53. The van der Waals surface area contributed by atoms with Crippen molar-refractivity contribution in [3.8, 4) is 11.5 Å². The van der Waals surface area contributed by atoms with Gasteiger partial charge in [0.15, 0.2) is 0 Å². The van der Waals surface area contributed by atoms with Gasteiger partial charge in [-0.2, -0.15) is 0 Å². The van der Waals surface area contributed by atoms with E-state index in [1.54, 1.807) is 30.3 Å². The standard InChI is InChI=1S/C13H9ClFNO2/c14-11-6-5-10(7-12(11)15)18-13-4-2-1-3-9(13)8-16-17/h1-8,17H/b16-8+. The van der Waals surface area contributed by atoms with Gasteiger partial charge in [0.1, 0.15) is 17.3 Å². The highest BCUT2D eigenvalue weighted by atomic mass is 35.5. The maximum atomic E-state index is 13.3. The number of hydrogen-bond donors (Lipinski definition) is 1. The SMILES string of the molecule is O/N=C/c1ccccc1Oc1ccc(Cl)c(F)c1. The third-order valence-electron chi connectivity index (χ3n) is 2.23. The smallest absolute Gasteiger partial charge is 0.145 e. The second-order valence-electron chi connectivity index (χ2n) is 3.46. The van der Waals surface area contributed by atoms with Gasteiger partial charge >= 0.3 is 0 Å². The van der Waals surface area contributed by atoms with Gasteiger partial charge in [0, 0.05) is 11.6 Å². The monoisotopic (exact) mass is 265 g/mol. The van der Waals surface area contributed by atoms with E-state index in [4.69, 9.17) is 21.5 Å². The predicted molar refractivity (Wildman–Crippen MR) is 67.3 cm³/mol. The molecule has 18 heavy (non-hydrogen) atoms. The van der Waals surface area contributed by atoms with Gasteiger partial charge in [0.2, 0.25) is 0 Å². The quantitative estimate of drug-likeness (QED) is 0.516. The van der Waals surface area contributed by atoms with Crippen LogP contribution in [0.2, 0.25) is 5.02 Å². The molecule has 1 N–H and O–H groups in total. The summed E-state index contributed by atoms with van der Waals surface area (Å²) in [5, 5.41) is 11.5. The average Bonchev–Trinajstić information content (AvgIpc) is 2.37. The van der Waals surface area contributed by atoms with Crippen molar-refractivity contribution in [2.24, 2.45) is 5.16 Å². The number of para-hydroxylation sites is 1. The normalized spacial score (nSPS) is 10.8. The zero-order valence-corrected chi connectivity index (χ0v) is 9.93. The van der Waals surface area contributed by atoms with Crippen molar-refractivity contribution in [2.45, 2.75) is 0 Å². The molecule has 0 amide bonds. The number of nitrogens with zero attached hydrogens (tertiary/aromatic N) is 1. The highest BCUT2D eigenvalue weighted by Gasteiger charge is 2.05. The van der Waals surface area contributed by atoms with Crippen molar-refractivity contribution < 1.29 is 14.3 Å². The topological polar surface area (TPSA) is 41.8 Å². The average molecular weight is 266 g/mol. The van der Waals surface area contributed by atoms with Crippen molar-refractivity contribution in [3.05, 3.63) is 58.9 Å². The Balaban J connectivity index is 2.31. The lowest BCUT2D eigenvalue weighted by molar-refractivity contribution is 0.321. The minimum absolute atomic E-state index is 0.0348. The van der Waals surface area contributed by atoms with Crippen LogP contribution < -0.4 is 4.74 Å². The highest BCUT2D eigenvalue weighted by molar-refractivity contribution is 6.30. The van der Waals surface area contributed by atoms with E-state index in [0.717, 1.165) is 0 Å². The molecule has 92 valence electrons. The second-order valence-corrected chi connectivity index (χ2v) is 3.87. The van der Waals surface area contributed by atoms with E-state index in [9.17, 15) is 4.39 Å². The van der Waals surface area contributed by atoms with Gasteiger partial charge in [-0.3, -0.25) is 0 Å². The summed E-state index contributed by atoms with van der Waals surface area (Å²) in [6.45, 7) is 0. The van der Waals surface area contributed by atoms with Crippen LogP contribution in [0.15, 0.2) is 47.6 Å². The lowest BCUT2D eigenvalue weighted by Crippen LogP contribution is -1.91. The number of ether oxygens (including phenoxy) is 1. The fourth-order valence-electron chi connectivity index (χ4n) is 1.41. The maximum absolute atomic E-state index is 13.3. The number of benzene rings is 2. The zero-order chi connectivity index (χ0) is 13.0. The van der Waals surface area contributed by atoms with E-state index in [-0.39, 0.29) is 5.02 Å². The van der Waals surface area contributed by atoms with E-state index < -0.39 is 5.82 Å². The van der Waals surface area contributed by atoms with Crippen LogP contribution in [0.1, 0.15) is 5.56 Å². The Kier molecular flexibility index (Phi) is 3.79. The van der Waals surface area contributed by atoms with Gasteiger partial charge < -0.3 is 9.94 Å². The minimum atomic E-state index is -0.553. The Morgan fingerprint density at radius 2 is 2.00 bits per heavy atom. The van der Waals surface area contributed by atoms with E-state index in [2.05, 4.69) is 5.16 Å². The van der Waals surface area contributed by atoms with Crippen molar-refractivity contribution in [2.75, 3.05) is 0 Å². The van der Waals surface area contributed by atoms with Gasteiger partial charge in [-0.1, -0.05) is 28.9 Å². The molecule has 0 radical (unpaired) electrons. The van der Waals surface area contributed by atoms with E-state index in [0.29, 0.717) is 17.1 Å². The minimum Gasteiger partial charge on any atom is -0.457 e. The maximum Gasteiger partial charge on any atom is 0.145 e. The molecular formula is C13H9ClFNO2. The molecule has 0 saturated carbocycles. The third-order valence-corrected chi connectivity index (χ3v) is 2.54. The first-order chi connectivity index (χ1) is 8.70. The number of oxime groups is 1. The van der Waals surface area contributed by atoms with Crippen LogP contribution in [0, 0.1) is 5.82 Å². The Labute approximate surface area is 108 Å². The summed E-state index contributed by atoms with van der Waals surface area (Å²) in [4.78, 5) is 0. The molecule has 2 rings (SSSR count). The van der Waals surface area contributed by atoms with Gasteiger partial charge in [-0.25, -0.2) is 4.39 Å². The molecule has 0 bridgehead atoms. The molecular weight excluding hydrogens is 257 g/mol. The van der Waals surface area contributed by atoms with Crippen LogP contribution in [-0.2, 0) is 0 Å². The molecule has 0 spiro atoms. The first-order valence-electron chi connectivity index (χ1n) is 5.10. The highest BCUT2D eigenvalue weighted by Crippen LogP contribution is 2.27. The predicted octanol–water partition coefficient (Wildman–Crippen LogP) is 4.08. The fraction of sp³-hybridized carbons (Fsp3) is 0. The molecule has 0 heterocycles. The number of halogens is 2. The Bertz CT molecular complexity index is 587. The summed E-state index contributed by atoms with van der Waals surface area (Å²) in [6, 6.07) is 11.1. The van der Waals surface area contributed by atoms with Gasteiger partial charge in [-0.05, 0) is 24.3 Å². The van der Waals surface area contributed by atoms with Crippen molar-refractivity contribution in [1.82, 2.24) is 0 Å². The second kappa shape index (κ2) is 5.51. The number of hydrogen-bond acceptors (Lipinski definition) is 3. The Hall–Kier alpha value is -2.07. The van der Waals surface area contributed by atoms with Gasteiger partial charge in [0.05, 0.1) is 11.2 Å². The summed E-state index contributed by atoms with van der Waals surface area (Å²) in [6.07, 6.45) is 1.24. The first kappa shape index (κ1) is 12.4. The van der Waals surface area contributed by atoms with E-state index >= 15 is 0 Å². The lowest BCUT2D eigenvalue weighted by atomic mass is 10.2. The van der Waals surface area contributed by atoms with Crippen LogP contribution in [0.5, 0.6) is 11.5 Å². The van der Waals surface area contributed by atoms with Crippen LogP contribution in [-0.4, -0.2) is 11.4 Å². The van der Waals surface area contributed by atoms with Crippen LogP contribution >= 0.6 is 11.6 Å². The van der Waals surface area contributed by atoms with Crippen molar-refractivity contribution in [1.29, 1.82) is 0 Å². The van der Waals surface area contributed by atoms with Crippen LogP contribution in [0.4, 0.5) is 4.39 Å². The molecule has 0 fully saturated rings. The molecule has 0 aromatic heterocycles. The lowest BCUT2D eigenvalue weighted by Gasteiger charge is -2.08. The van der Waals surface area contributed by atoms with Crippen LogP contribution in [0.3, 0.4) is 0 Å². The third kappa shape index (κ3) is 2.78. The zero-order valence-electron chi connectivity index (χ0n) is 9.18. The summed E-state index contributed by atoms with van der Waals surface area (Å²) in [7, 11) is 0. The van der Waals surface area contributed by atoms with Crippen LogP contribution in [0.25, 0.3) is 0 Å².